The first-order valence-corrected chi connectivity index (χ1v) is 43.3. The number of rotatable bonds is 0. The standard InChI is InChI=1S/C20Br39/c21-1-2(22,23)4(26,27)6(30,31)8(34,35)10(38,39)12(42,43)14(46,47)16(50,51)18(54,55)20(58,59)19(56,57)17(52,53)15(48,49)13(44,45)11(40,41)9(36,37)7(32,33)5(28,29)3(1,24)25. The second-order valence-electron chi connectivity index (χ2n) is 11.2. The molecule has 0 amide bonds. The molecular formula is C20Br39. The Balaban J connectivity index is 4.95. The van der Waals surface area contributed by atoms with Crippen molar-refractivity contribution in [3.05, 3.63) is 4.83 Å². The van der Waals surface area contributed by atoms with Crippen LogP contribution >= 0.6 is 621 Å². The van der Waals surface area contributed by atoms with Gasteiger partial charge in [0.05, 0.1) is 0 Å². The van der Waals surface area contributed by atoms with Crippen LogP contribution in [0.15, 0.2) is 0 Å². The highest BCUT2D eigenvalue weighted by atomic mass is 80.0. The van der Waals surface area contributed by atoms with E-state index in [1.807, 2.05) is 0 Å². The third-order valence-electron chi connectivity index (χ3n) is 7.65. The quantitative estimate of drug-likeness (QED) is 0.212. The van der Waals surface area contributed by atoms with Gasteiger partial charge in [-0.2, -0.15) is 0 Å². The molecule has 1 aliphatic rings. The van der Waals surface area contributed by atoms with Gasteiger partial charge in [0.1, 0.15) is 66.3 Å². The Morgan fingerprint density at radius 3 is 0.288 bits per heavy atom. The smallest absolute Gasteiger partial charge is 0.0785 e. The van der Waals surface area contributed by atoms with Crippen LogP contribution in [0.2, 0.25) is 0 Å². The summed E-state index contributed by atoms with van der Waals surface area (Å²) in [6.45, 7) is 0. The zero-order valence-electron chi connectivity index (χ0n) is 24.7. The lowest BCUT2D eigenvalue weighted by atomic mass is 9.98. The minimum Gasteiger partial charge on any atom is -0.0785 e. The van der Waals surface area contributed by atoms with E-state index in [9.17, 15) is 0 Å². The molecule has 0 aromatic rings. The molecule has 353 valence electrons. The van der Waals surface area contributed by atoms with E-state index in [2.05, 4.69) is 621 Å². The van der Waals surface area contributed by atoms with E-state index in [-0.39, 0.29) is 0 Å². The van der Waals surface area contributed by atoms with Crippen molar-refractivity contribution >= 4 is 621 Å². The fraction of sp³-hybridized carbons (Fsp3) is 0.950. The van der Waals surface area contributed by atoms with Gasteiger partial charge in [-0.05, 0) is 0 Å². The molecule has 0 aromatic heterocycles. The lowest BCUT2D eigenvalue weighted by molar-refractivity contribution is 0.509. The average Bonchev–Trinajstić information content (AvgIpc) is 3.01. The molecule has 1 fully saturated rings. The fourth-order valence-electron chi connectivity index (χ4n) is 3.82. The van der Waals surface area contributed by atoms with Crippen molar-refractivity contribution in [2.75, 3.05) is 0 Å². The van der Waals surface area contributed by atoms with Crippen molar-refractivity contribution in [3.63, 3.8) is 0 Å². The molecule has 1 radical (unpaired) electrons. The fourth-order valence-corrected chi connectivity index (χ4v) is 46.8. The summed E-state index contributed by atoms with van der Waals surface area (Å²) in [4.78, 5) is 0.508. The van der Waals surface area contributed by atoms with Gasteiger partial charge in [-0.3, -0.25) is 0 Å². The third kappa shape index (κ3) is 11.5. The Labute approximate surface area is 670 Å². The molecule has 0 aromatic carbocycles. The van der Waals surface area contributed by atoms with E-state index in [0.717, 1.165) is 0 Å². The van der Waals surface area contributed by atoms with Crippen molar-refractivity contribution in [1.29, 1.82) is 0 Å². The van der Waals surface area contributed by atoms with E-state index in [1.54, 1.807) is 0 Å². The molecule has 0 spiro atoms. The van der Waals surface area contributed by atoms with Crippen LogP contribution in [0.3, 0.4) is 0 Å². The third-order valence-corrected chi connectivity index (χ3v) is 93.7. The van der Waals surface area contributed by atoms with Crippen LogP contribution in [0.25, 0.3) is 0 Å². The molecule has 0 atom stereocenters. The summed E-state index contributed by atoms with van der Waals surface area (Å²) in [5.41, 5.74) is 0. The van der Waals surface area contributed by atoms with Gasteiger partial charge in [-0.25, -0.2) is 0 Å². The summed E-state index contributed by atoms with van der Waals surface area (Å²) in [6, 6.07) is 0. The Kier molecular flexibility index (Phi) is 30.7. The molecule has 0 N–H and O–H groups in total. The van der Waals surface area contributed by atoms with Crippen LogP contribution in [-0.4, -0.2) is 61.4 Å². The highest BCUT2D eigenvalue weighted by Gasteiger charge is 2.86. The Morgan fingerprint density at radius 2 is 0.203 bits per heavy atom. The Hall–Kier alpha value is 18.7. The molecule has 59 heavy (non-hydrogen) atoms. The van der Waals surface area contributed by atoms with Gasteiger partial charge in [0.15, 0.2) is 0 Å². The van der Waals surface area contributed by atoms with Crippen LogP contribution in [0.1, 0.15) is 0 Å². The van der Waals surface area contributed by atoms with E-state index in [1.165, 1.54) is 0 Å². The summed E-state index contributed by atoms with van der Waals surface area (Å²) < 4.78 is -25.5. The summed E-state index contributed by atoms with van der Waals surface area (Å²) in [6.07, 6.45) is 0. The molecule has 39 heteroatoms. The zero-order chi connectivity index (χ0) is 49.1. The highest BCUT2D eigenvalue weighted by Crippen LogP contribution is 2.86. The van der Waals surface area contributed by atoms with Gasteiger partial charge in [-0.15, -0.1) is 0 Å². The summed E-state index contributed by atoms with van der Waals surface area (Å²) in [7, 11) is 0. The van der Waals surface area contributed by atoms with Gasteiger partial charge in [-0.1, -0.05) is 621 Å². The molecule has 0 bridgehead atoms. The van der Waals surface area contributed by atoms with Crippen molar-refractivity contribution in [2.24, 2.45) is 0 Å². The molecule has 1 aliphatic carbocycles. The maximum atomic E-state index is 4.06. The van der Waals surface area contributed by atoms with Gasteiger partial charge in [0, 0.05) is 0 Å². The predicted molar refractivity (Wildman–Crippen MR) is 403 cm³/mol. The van der Waals surface area contributed by atoms with Gasteiger partial charge in [0.25, 0.3) is 0 Å². The van der Waals surface area contributed by atoms with Crippen molar-refractivity contribution in [2.45, 2.75) is 61.4 Å². The Morgan fingerprint density at radius 1 is 0.136 bits per heavy atom. The van der Waals surface area contributed by atoms with E-state index >= 15 is 0 Å². The normalized spacial score (nSPS) is 33.8. The van der Waals surface area contributed by atoms with Crippen molar-refractivity contribution in [3.8, 4) is 0 Å². The first kappa shape index (κ1) is 75.7. The summed E-state index contributed by atoms with van der Waals surface area (Å²) in [5, 5.41) is 0. The molecule has 1 saturated carbocycles. The van der Waals surface area contributed by atoms with Crippen LogP contribution < -0.4 is 0 Å². The predicted octanol–water partition coefficient (Wildman–Crippen LogP) is 29.2. The van der Waals surface area contributed by atoms with Gasteiger partial charge < -0.3 is 0 Å². The first-order chi connectivity index (χ1) is 24.7. The van der Waals surface area contributed by atoms with Gasteiger partial charge in [0.2, 0.25) is 0 Å². The second-order valence-corrected chi connectivity index (χ2v) is 77.4. The van der Waals surface area contributed by atoms with Crippen LogP contribution in [0.5, 0.6) is 0 Å². The van der Waals surface area contributed by atoms with E-state index in [4.69, 9.17) is 0 Å². The van der Waals surface area contributed by atoms with Crippen molar-refractivity contribution < 1.29 is 0 Å². The lowest BCUT2D eigenvalue weighted by Gasteiger charge is -2.63. The highest BCUT2D eigenvalue weighted by molar-refractivity contribution is 9.41. The lowest BCUT2D eigenvalue weighted by Crippen LogP contribution is -2.75. The molecule has 0 nitrogen and oxygen atoms in total. The minimum atomic E-state index is -1.36. The molecular weight excluding hydrogens is 3360 g/mol. The number of hydrogen-bond donors (Lipinski definition) is 0. The van der Waals surface area contributed by atoms with Crippen LogP contribution in [0.4, 0.5) is 0 Å². The number of alkyl halides is 38. The number of halogens is 39. The molecule has 0 saturated heterocycles. The van der Waals surface area contributed by atoms with Crippen LogP contribution in [-0.2, 0) is 0 Å². The first-order valence-electron chi connectivity index (χ1n) is 12.4. The van der Waals surface area contributed by atoms with Crippen LogP contribution in [0, 0.1) is 4.83 Å². The Bertz CT molecular complexity index is 1470. The topological polar surface area (TPSA) is 0 Å². The largest absolute Gasteiger partial charge is 0.135 e. The van der Waals surface area contributed by atoms with Crippen molar-refractivity contribution in [1.82, 2.24) is 0 Å². The van der Waals surface area contributed by atoms with Gasteiger partial charge >= 0.3 is 0 Å². The molecule has 0 aliphatic heterocycles. The zero-order valence-corrected chi connectivity index (χ0v) is 86.6. The average molecular weight is 3360 g/mol. The maximum Gasteiger partial charge on any atom is 0.135 e. The molecule has 0 unspecified atom stereocenters. The SMILES string of the molecule is Br[C]1C(Br)(Br)C(Br)(Br)C(Br)(Br)C(Br)(Br)C(Br)(Br)C(Br)(Br)C(Br)(Br)C(Br)(Br)C(Br)(Br)C(Br)(Br)C(Br)(Br)C(Br)(Br)C(Br)(Br)C(Br)(Br)C(Br)(Br)C(Br)(Br)C(Br)(Br)C(Br)(Br)C1(Br)Br. The minimum absolute atomic E-state index is 0.508. The molecule has 1 rings (SSSR count). The maximum absolute atomic E-state index is 4.06. The second kappa shape index (κ2) is 23.9. The van der Waals surface area contributed by atoms with E-state index < -0.39 is 61.4 Å². The summed E-state index contributed by atoms with van der Waals surface area (Å²) >= 11 is 158. The number of hydrogen-bond acceptors (Lipinski definition) is 0. The monoisotopic (exact) mass is 3320 g/mol. The van der Waals surface area contributed by atoms with E-state index in [0.29, 0.717) is 4.83 Å². The molecule has 0 heterocycles. The summed E-state index contributed by atoms with van der Waals surface area (Å²) in [5.74, 6) is 0.